The molecule has 2 N–H and O–H groups in total. The van der Waals surface area contributed by atoms with E-state index in [1.807, 2.05) is 0 Å². The third-order valence-electron chi connectivity index (χ3n) is 4.06. The zero-order valence-electron chi connectivity index (χ0n) is 14.2. The summed E-state index contributed by atoms with van der Waals surface area (Å²) in [7, 11) is -3.52. The Hall–Kier alpha value is -2.19. The highest BCUT2D eigenvalue weighted by Crippen LogP contribution is 2.17. The van der Waals surface area contributed by atoms with Gasteiger partial charge in [0.05, 0.1) is 10.8 Å². The summed E-state index contributed by atoms with van der Waals surface area (Å²) < 4.78 is 26.5. The summed E-state index contributed by atoms with van der Waals surface area (Å²) in [4.78, 5) is 25.6. The normalized spacial score (nSPS) is 17.3. The monoisotopic (exact) mass is 365 g/mol. The predicted molar refractivity (Wildman–Crippen MR) is 94.0 cm³/mol. The number of benzene rings is 1. The largest absolute Gasteiger partial charge is 0.352 e. The molecule has 1 saturated heterocycles. The van der Waals surface area contributed by atoms with Gasteiger partial charge in [0.1, 0.15) is 0 Å². The van der Waals surface area contributed by atoms with Crippen LogP contribution < -0.4 is 10.0 Å². The number of amides is 2. The molecule has 1 unspecified atom stereocenters. The Morgan fingerprint density at radius 1 is 1.40 bits per heavy atom. The summed E-state index contributed by atoms with van der Waals surface area (Å²) in [6.45, 7) is 6.63. The first kappa shape index (κ1) is 19.1. The molecule has 136 valence electrons. The molecular weight excluding hydrogens is 342 g/mol. The topological polar surface area (TPSA) is 95.6 Å². The third kappa shape index (κ3) is 4.90. The first-order chi connectivity index (χ1) is 11.9. The van der Waals surface area contributed by atoms with Crippen molar-refractivity contribution in [3.8, 4) is 0 Å². The molecule has 1 aromatic rings. The van der Waals surface area contributed by atoms with Gasteiger partial charge in [0, 0.05) is 26.2 Å². The summed E-state index contributed by atoms with van der Waals surface area (Å²) in [5, 5.41) is 2.81. The minimum Gasteiger partial charge on any atom is -0.352 e. The summed E-state index contributed by atoms with van der Waals surface area (Å²) in [6.07, 6.45) is 1.86. The molecule has 25 heavy (non-hydrogen) atoms. The van der Waals surface area contributed by atoms with E-state index < -0.39 is 10.0 Å². The molecule has 1 atom stereocenters. The predicted octanol–water partition coefficient (Wildman–Crippen LogP) is 0.635. The SMILES string of the molecule is C=CC(=O)N1CCC(C(=O)NCc2cccc(S(=O)(=O)NCC)c2)C1. The Kier molecular flexibility index (Phi) is 6.33. The summed E-state index contributed by atoms with van der Waals surface area (Å²) in [6, 6.07) is 6.46. The summed E-state index contributed by atoms with van der Waals surface area (Å²) in [5.74, 6) is -0.562. The highest BCUT2D eigenvalue weighted by atomic mass is 32.2. The molecule has 0 bridgehead atoms. The lowest BCUT2D eigenvalue weighted by atomic mass is 10.1. The Morgan fingerprint density at radius 3 is 2.84 bits per heavy atom. The van der Waals surface area contributed by atoms with E-state index in [4.69, 9.17) is 0 Å². The van der Waals surface area contributed by atoms with Crippen LogP contribution in [0.5, 0.6) is 0 Å². The lowest BCUT2D eigenvalue weighted by molar-refractivity contribution is -0.126. The smallest absolute Gasteiger partial charge is 0.245 e. The van der Waals surface area contributed by atoms with Crippen molar-refractivity contribution in [3.05, 3.63) is 42.5 Å². The van der Waals surface area contributed by atoms with Gasteiger partial charge in [-0.2, -0.15) is 0 Å². The lowest BCUT2D eigenvalue weighted by Gasteiger charge is -2.14. The van der Waals surface area contributed by atoms with Crippen LogP contribution in [0.1, 0.15) is 18.9 Å². The van der Waals surface area contributed by atoms with E-state index in [9.17, 15) is 18.0 Å². The van der Waals surface area contributed by atoms with Crippen molar-refractivity contribution < 1.29 is 18.0 Å². The molecule has 2 rings (SSSR count). The van der Waals surface area contributed by atoms with Crippen LogP contribution in [0, 0.1) is 5.92 Å². The van der Waals surface area contributed by atoms with E-state index in [0.29, 0.717) is 31.6 Å². The molecule has 1 fully saturated rings. The summed E-state index contributed by atoms with van der Waals surface area (Å²) in [5.41, 5.74) is 0.698. The molecule has 0 aliphatic carbocycles. The van der Waals surface area contributed by atoms with E-state index in [-0.39, 0.29) is 29.2 Å². The summed E-state index contributed by atoms with van der Waals surface area (Å²) >= 11 is 0. The Bertz CT molecular complexity index is 761. The van der Waals surface area contributed by atoms with Gasteiger partial charge in [-0.3, -0.25) is 9.59 Å². The van der Waals surface area contributed by atoms with Gasteiger partial charge >= 0.3 is 0 Å². The van der Waals surface area contributed by atoms with Gasteiger partial charge in [0.15, 0.2) is 0 Å². The quantitative estimate of drug-likeness (QED) is 0.693. The average Bonchev–Trinajstić information content (AvgIpc) is 3.09. The van der Waals surface area contributed by atoms with Crippen LogP contribution in [0.4, 0.5) is 0 Å². The van der Waals surface area contributed by atoms with Crippen LogP contribution in [0.25, 0.3) is 0 Å². The second kappa shape index (κ2) is 8.26. The van der Waals surface area contributed by atoms with Crippen molar-refractivity contribution in [3.63, 3.8) is 0 Å². The van der Waals surface area contributed by atoms with Crippen LogP contribution in [0.3, 0.4) is 0 Å². The first-order valence-corrected chi connectivity index (χ1v) is 9.63. The van der Waals surface area contributed by atoms with Crippen molar-refractivity contribution in [1.29, 1.82) is 0 Å². The van der Waals surface area contributed by atoms with E-state index in [1.165, 1.54) is 12.1 Å². The van der Waals surface area contributed by atoms with E-state index >= 15 is 0 Å². The van der Waals surface area contributed by atoms with Crippen molar-refractivity contribution in [1.82, 2.24) is 14.9 Å². The molecule has 0 saturated carbocycles. The van der Waals surface area contributed by atoms with Gasteiger partial charge in [-0.25, -0.2) is 13.1 Å². The maximum atomic E-state index is 12.3. The molecule has 0 aromatic heterocycles. The molecule has 1 heterocycles. The van der Waals surface area contributed by atoms with E-state index in [1.54, 1.807) is 30.0 Å². The zero-order chi connectivity index (χ0) is 18.4. The molecule has 1 aliphatic heterocycles. The first-order valence-electron chi connectivity index (χ1n) is 8.15. The number of carbonyl (C=O) groups is 2. The molecule has 1 aromatic carbocycles. The molecule has 1 aliphatic rings. The third-order valence-corrected chi connectivity index (χ3v) is 5.60. The van der Waals surface area contributed by atoms with Crippen molar-refractivity contribution in [2.45, 2.75) is 24.8 Å². The van der Waals surface area contributed by atoms with E-state index in [2.05, 4.69) is 16.6 Å². The number of rotatable bonds is 7. The minimum atomic E-state index is -3.52. The van der Waals surface area contributed by atoms with Crippen molar-refractivity contribution in [2.24, 2.45) is 5.92 Å². The maximum Gasteiger partial charge on any atom is 0.245 e. The van der Waals surface area contributed by atoms with Crippen LogP contribution in [0.15, 0.2) is 41.8 Å². The van der Waals surface area contributed by atoms with Crippen molar-refractivity contribution >= 4 is 21.8 Å². The van der Waals surface area contributed by atoms with Gasteiger partial charge in [0.2, 0.25) is 21.8 Å². The van der Waals surface area contributed by atoms with Crippen LogP contribution in [-0.2, 0) is 26.2 Å². The van der Waals surface area contributed by atoms with Crippen LogP contribution in [0.2, 0.25) is 0 Å². The minimum absolute atomic E-state index is 0.140. The fourth-order valence-electron chi connectivity index (χ4n) is 2.73. The number of nitrogens with one attached hydrogen (secondary N) is 2. The molecule has 0 radical (unpaired) electrons. The molecule has 2 amide bonds. The average molecular weight is 365 g/mol. The standard InChI is InChI=1S/C17H23N3O4S/c1-3-16(21)20-9-8-14(12-20)17(22)18-11-13-6-5-7-15(10-13)25(23,24)19-4-2/h3,5-7,10,14,19H,1,4,8-9,11-12H2,2H3,(H,18,22). The lowest BCUT2D eigenvalue weighted by Crippen LogP contribution is -2.33. The molecule has 7 nitrogen and oxygen atoms in total. The second-order valence-electron chi connectivity index (χ2n) is 5.84. The van der Waals surface area contributed by atoms with Gasteiger partial charge in [0.25, 0.3) is 0 Å². The zero-order valence-corrected chi connectivity index (χ0v) is 15.0. The number of likely N-dealkylation sites (tertiary alicyclic amines) is 1. The number of carbonyl (C=O) groups excluding carboxylic acids is 2. The van der Waals surface area contributed by atoms with Gasteiger partial charge in [-0.15, -0.1) is 0 Å². The highest BCUT2D eigenvalue weighted by Gasteiger charge is 2.29. The van der Waals surface area contributed by atoms with Gasteiger partial charge in [-0.1, -0.05) is 25.6 Å². The molecular formula is C17H23N3O4S. The maximum absolute atomic E-state index is 12.3. The Balaban J connectivity index is 1.95. The fraction of sp³-hybridized carbons (Fsp3) is 0.412. The molecule has 8 heteroatoms. The van der Waals surface area contributed by atoms with Crippen LogP contribution in [-0.4, -0.2) is 44.8 Å². The Labute approximate surface area is 148 Å². The van der Waals surface area contributed by atoms with Gasteiger partial charge < -0.3 is 10.2 Å². The Morgan fingerprint density at radius 2 is 2.16 bits per heavy atom. The second-order valence-corrected chi connectivity index (χ2v) is 7.61. The number of hydrogen-bond acceptors (Lipinski definition) is 4. The highest BCUT2D eigenvalue weighted by molar-refractivity contribution is 7.89. The number of nitrogens with zero attached hydrogens (tertiary/aromatic N) is 1. The molecule has 0 spiro atoms. The van der Waals surface area contributed by atoms with Crippen LogP contribution >= 0.6 is 0 Å². The van der Waals surface area contributed by atoms with Gasteiger partial charge in [-0.05, 0) is 30.2 Å². The van der Waals surface area contributed by atoms with E-state index in [0.717, 1.165) is 0 Å². The number of hydrogen-bond donors (Lipinski definition) is 2. The number of sulfonamides is 1. The fourth-order valence-corrected chi connectivity index (χ4v) is 3.84. The van der Waals surface area contributed by atoms with Crippen molar-refractivity contribution in [2.75, 3.05) is 19.6 Å².